The Morgan fingerprint density at radius 2 is 1.64 bits per heavy atom. The zero-order valence-electron chi connectivity index (χ0n) is 16.8. The smallest absolute Gasteiger partial charge is 0.204 e. The first-order valence-electron chi connectivity index (χ1n) is 9.14. The molecule has 0 atom stereocenters. The molecule has 5 heteroatoms. The normalized spacial score (nSPS) is 10.8. The maximum absolute atomic E-state index is 13.2. The maximum atomic E-state index is 13.2. The molecule has 0 aliphatic rings. The predicted octanol–water partition coefficient (Wildman–Crippen LogP) is 4.69. The third-order valence-corrected chi connectivity index (χ3v) is 4.48. The summed E-state index contributed by atoms with van der Waals surface area (Å²) in [6.45, 7) is 8.94. The standard InChI is InChI=1S/C23H26O5/c1-12(2)6-7-15-8-9-17(24)20(22(15)27)23(28)19-16(21(26)13(3)4)10-14(5)11-18(19)25/h6,8-11,13,24-25,27H,7H2,1-5H3. The second-order valence-electron chi connectivity index (χ2n) is 7.51. The SMILES string of the molecule is CC(C)=CCc1ccc(O)c(C(=O)c2c(O)cc(C)cc2C(=O)C(C)C)c1O. The lowest BCUT2D eigenvalue weighted by Crippen LogP contribution is -2.15. The van der Waals surface area contributed by atoms with E-state index in [0.717, 1.165) is 5.57 Å². The van der Waals surface area contributed by atoms with E-state index in [2.05, 4.69) is 0 Å². The van der Waals surface area contributed by atoms with Crippen molar-refractivity contribution in [1.82, 2.24) is 0 Å². The van der Waals surface area contributed by atoms with E-state index in [1.165, 1.54) is 24.3 Å². The lowest BCUT2D eigenvalue weighted by atomic mass is 9.88. The summed E-state index contributed by atoms with van der Waals surface area (Å²) in [5.41, 5.74) is 1.67. The fraction of sp³-hybridized carbons (Fsp3) is 0.304. The first kappa shape index (κ1) is 21.2. The monoisotopic (exact) mass is 382 g/mol. The van der Waals surface area contributed by atoms with E-state index in [4.69, 9.17) is 0 Å². The van der Waals surface area contributed by atoms with Gasteiger partial charge in [0.2, 0.25) is 5.78 Å². The van der Waals surface area contributed by atoms with Gasteiger partial charge in [-0.15, -0.1) is 0 Å². The Morgan fingerprint density at radius 3 is 2.21 bits per heavy atom. The molecule has 0 aliphatic heterocycles. The molecular formula is C23H26O5. The maximum Gasteiger partial charge on any atom is 0.204 e. The van der Waals surface area contributed by atoms with Crippen molar-refractivity contribution in [2.45, 2.75) is 41.0 Å². The van der Waals surface area contributed by atoms with Crippen LogP contribution < -0.4 is 0 Å². The summed E-state index contributed by atoms with van der Waals surface area (Å²) in [6, 6.07) is 5.79. The molecule has 0 amide bonds. The fourth-order valence-electron chi connectivity index (χ4n) is 2.96. The largest absolute Gasteiger partial charge is 0.507 e. The van der Waals surface area contributed by atoms with Crippen molar-refractivity contribution in [2.24, 2.45) is 5.92 Å². The highest BCUT2D eigenvalue weighted by atomic mass is 16.3. The Bertz CT molecular complexity index is 963. The van der Waals surface area contributed by atoms with E-state index in [-0.39, 0.29) is 39.9 Å². The van der Waals surface area contributed by atoms with Gasteiger partial charge in [-0.3, -0.25) is 9.59 Å². The van der Waals surface area contributed by atoms with Gasteiger partial charge in [0, 0.05) is 11.5 Å². The lowest BCUT2D eigenvalue weighted by Gasteiger charge is -2.15. The molecule has 0 bridgehead atoms. The minimum atomic E-state index is -0.796. The van der Waals surface area contributed by atoms with Crippen LogP contribution in [0.1, 0.15) is 65.1 Å². The molecule has 0 unspecified atom stereocenters. The Hall–Kier alpha value is -3.08. The number of Topliss-reactive ketones (excluding diaryl/α,β-unsaturated/α-hetero) is 1. The number of phenols is 3. The van der Waals surface area contributed by atoms with Gasteiger partial charge in [-0.05, 0) is 56.5 Å². The number of rotatable bonds is 6. The molecule has 0 radical (unpaired) electrons. The Balaban J connectivity index is 2.69. The van der Waals surface area contributed by atoms with Gasteiger partial charge in [-0.25, -0.2) is 0 Å². The number of hydrogen-bond donors (Lipinski definition) is 3. The van der Waals surface area contributed by atoms with E-state index >= 15 is 0 Å². The molecule has 0 saturated carbocycles. The van der Waals surface area contributed by atoms with Crippen molar-refractivity contribution in [3.63, 3.8) is 0 Å². The van der Waals surface area contributed by atoms with Crippen LogP contribution in [0.5, 0.6) is 17.2 Å². The summed E-state index contributed by atoms with van der Waals surface area (Å²) in [5, 5.41) is 31.3. The summed E-state index contributed by atoms with van der Waals surface area (Å²) in [4.78, 5) is 25.8. The number of ketones is 2. The van der Waals surface area contributed by atoms with Crippen LogP contribution >= 0.6 is 0 Å². The topological polar surface area (TPSA) is 94.8 Å². The number of allylic oxidation sites excluding steroid dienone is 2. The number of phenolic OH excluding ortho intramolecular Hbond substituents is 3. The minimum Gasteiger partial charge on any atom is -0.507 e. The molecule has 0 spiro atoms. The van der Waals surface area contributed by atoms with Crippen LogP contribution in [0.3, 0.4) is 0 Å². The molecule has 148 valence electrons. The van der Waals surface area contributed by atoms with Gasteiger partial charge in [0.25, 0.3) is 0 Å². The molecule has 2 aromatic rings. The quantitative estimate of drug-likeness (QED) is 0.498. The Labute approximate surface area is 165 Å². The molecule has 0 fully saturated rings. The van der Waals surface area contributed by atoms with Gasteiger partial charge < -0.3 is 15.3 Å². The average Bonchev–Trinajstić information content (AvgIpc) is 2.59. The number of hydrogen-bond acceptors (Lipinski definition) is 5. The molecule has 3 N–H and O–H groups in total. The van der Waals surface area contributed by atoms with Gasteiger partial charge >= 0.3 is 0 Å². The van der Waals surface area contributed by atoms with Crippen molar-refractivity contribution in [2.75, 3.05) is 0 Å². The molecule has 0 aromatic heterocycles. The van der Waals surface area contributed by atoms with Gasteiger partial charge in [0.05, 0.1) is 5.56 Å². The molecule has 0 saturated heterocycles. The molecule has 28 heavy (non-hydrogen) atoms. The second-order valence-corrected chi connectivity index (χ2v) is 7.51. The summed E-state index contributed by atoms with van der Waals surface area (Å²) >= 11 is 0. The third-order valence-electron chi connectivity index (χ3n) is 4.48. The number of aromatic hydroxyl groups is 3. The lowest BCUT2D eigenvalue weighted by molar-refractivity contribution is 0.0927. The van der Waals surface area contributed by atoms with Crippen molar-refractivity contribution in [3.8, 4) is 17.2 Å². The Kier molecular flexibility index (Phi) is 6.29. The van der Waals surface area contributed by atoms with Crippen LogP contribution in [0.25, 0.3) is 0 Å². The van der Waals surface area contributed by atoms with Crippen molar-refractivity contribution in [3.05, 3.63) is 63.7 Å². The van der Waals surface area contributed by atoms with Crippen LogP contribution in [-0.4, -0.2) is 26.9 Å². The number of carbonyl (C=O) groups is 2. The number of carbonyl (C=O) groups excluding carboxylic acids is 2. The van der Waals surface area contributed by atoms with Gasteiger partial charge in [0.1, 0.15) is 22.8 Å². The van der Waals surface area contributed by atoms with Crippen molar-refractivity contribution < 1.29 is 24.9 Å². The molecule has 2 rings (SSSR count). The van der Waals surface area contributed by atoms with Gasteiger partial charge in [0.15, 0.2) is 5.78 Å². The molecular weight excluding hydrogens is 356 g/mol. The highest BCUT2D eigenvalue weighted by Crippen LogP contribution is 2.37. The highest BCUT2D eigenvalue weighted by molar-refractivity contribution is 6.19. The van der Waals surface area contributed by atoms with E-state index in [9.17, 15) is 24.9 Å². The Morgan fingerprint density at radius 1 is 1.00 bits per heavy atom. The van der Waals surface area contributed by atoms with Crippen LogP contribution in [0.2, 0.25) is 0 Å². The zero-order valence-corrected chi connectivity index (χ0v) is 16.8. The van der Waals surface area contributed by atoms with Crippen LogP contribution in [0, 0.1) is 12.8 Å². The minimum absolute atomic E-state index is 0.0750. The predicted molar refractivity (Wildman–Crippen MR) is 108 cm³/mol. The summed E-state index contributed by atoms with van der Waals surface area (Å²) in [5.74, 6) is -2.61. The third kappa shape index (κ3) is 4.25. The van der Waals surface area contributed by atoms with E-state index in [1.54, 1.807) is 20.8 Å². The molecule has 2 aromatic carbocycles. The first-order valence-corrected chi connectivity index (χ1v) is 9.14. The first-order chi connectivity index (χ1) is 13.0. The summed E-state index contributed by atoms with van der Waals surface area (Å²) in [7, 11) is 0. The highest BCUT2D eigenvalue weighted by Gasteiger charge is 2.28. The number of benzene rings is 2. The average molecular weight is 382 g/mol. The van der Waals surface area contributed by atoms with Crippen molar-refractivity contribution in [1.29, 1.82) is 0 Å². The summed E-state index contributed by atoms with van der Waals surface area (Å²) in [6.07, 6.45) is 2.27. The molecule has 0 aliphatic carbocycles. The second kappa shape index (κ2) is 8.30. The zero-order chi connectivity index (χ0) is 21.2. The summed E-state index contributed by atoms with van der Waals surface area (Å²) < 4.78 is 0. The molecule has 0 heterocycles. The number of aryl methyl sites for hydroxylation is 1. The molecule has 5 nitrogen and oxygen atoms in total. The van der Waals surface area contributed by atoms with Crippen molar-refractivity contribution >= 4 is 11.6 Å². The van der Waals surface area contributed by atoms with E-state index in [1.807, 2.05) is 19.9 Å². The van der Waals surface area contributed by atoms with Crippen LogP contribution in [0.4, 0.5) is 0 Å². The van der Waals surface area contributed by atoms with Gasteiger partial charge in [-0.2, -0.15) is 0 Å². The van der Waals surface area contributed by atoms with Crippen LogP contribution in [0.15, 0.2) is 35.9 Å². The van der Waals surface area contributed by atoms with E-state index in [0.29, 0.717) is 17.5 Å². The van der Waals surface area contributed by atoms with Gasteiger partial charge in [-0.1, -0.05) is 31.6 Å². The van der Waals surface area contributed by atoms with Crippen LogP contribution in [-0.2, 0) is 6.42 Å². The fourth-order valence-corrected chi connectivity index (χ4v) is 2.96. The van der Waals surface area contributed by atoms with E-state index < -0.39 is 11.5 Å².